The molecule has 0 spiro atoms. The number of fused-ring (bicyclic) bond motifs is 1. The first-order valence-electron chi connectivity index (χ1n) is 9.49. The van der Waals surface area contributed by atoms with Crippen molar-refractivity contribution in [1.82, 2.24) is 10.4 Å². The van der Waals surface area contributed by atoms with E-state index in [9.17, 15) is 9.59 Å². The fourth-order valence-electron chi connectivity index (χ4n) is 3.26. The minimum Gasteiger partial charge on any atom is -0.354 e. The summed E-state index contributed by atoms with van der Waals surface area (Å²) < 4.78 is 0. The van der Waals surface area contributed by atoms with Crippen LogP contribution in [0, 0.1) is 0 Å². The number of H-pyrrole nitrogens is 1. The number of anilines is 1. The molecule has 0 saturated carbocycles. The predicted molar refractivity (Wildman–Crippen MR) is 120 cm³/mol. The van der Waals surface area contributed by atoms with E-state index in [1.807, 2.05) is 54.6 Å². The van der Waals surface area contributed by atoms with Gasteiger partial charge in [-0.2, -0.15) is 5.10 Å². The summed E-state index contributed by atoms with van der Waals surface area (Å²) in [5.74, 6) is -0.494. The van der Waals surface area contributed by atoms with E-state index in [0.29, 0.717) is 11.3 Å². The molecule has 4 rings (SSSR count). The van der Waals surface area contributed by atoms with Crippen LogP contribution in [0.1, 0.15) is 22.8 Å². The molecule has 6 nitrogen and oxygen atoms in total. The van der Waals surface area contributed by atoms with E-state index >= 15 is 0 Å². The van der Waals surface area contributed by atoms with E-state index in [1.54, 1.807) is 30.5 Å². The molecule has 0 aliphatic carbocycles. The maximum atomic E-state index is 12.4. The van der Waals surface area contributed by atoms with Crippen LogP contribution in [0.25, 0.3) is 22.2 Å². The van der Waals surface area contributed by atoms with Crippen molar-refractivity contribution in [3.05, 3.63) is 90.0 Å². The van der Waals surface area contributed by atoms with Gasteiger partial charge in [0.15, 0.2) is 0 Å². The third-order valence-corrected chi connectivity index (χ3v) is 4.64. The Hall–Kier alpha value is -4.19. The summed E-state index contributed by atoms with van der Waals surface area (Å²) in [6.45, 7) is 1.43. The molecule has 0 radical (unpaired) electrons. The van der Waals surface area contributed by atoms with Gasteiger partial charge in [-0.25, -0.2) is 5.43 Å². The number of nitrogens with one attached hydrogen (secondary N) is 3. The van der Waals surface area contributed by atoms with Crippen molar-refractivity contribution in [2.24, 2.45) is 5.10 Å². The highest BCUT2D eigenvalue weighted by Crippen LogP contribution is 2.28. The summed E-state index contributed by atoms with van der Waals surface area (Å²) in [5.41, 5.74) is 7.53. The van der Waals surface area contributed by atoms with Gasteiger partial charge < -0.3 is 10.3 Å². The Kier molecular flexibility index (Phi) is 5.39. The summed E-state index contributed by atoms with van der Waals surface area (Å²) in [6.07, 6.45) is 1.66. The quantitative estimate of drug-likeness (QED) is 0.341. The third-order valence-electron chi connectivity index (χ3n) is 4.64. The highest BCUT2D eigenvalue weighted by atomic mass is 16.2. The van der Waals surface area contributed by atoms with Gasteiger partial charge in [0, 0.05) is 34.6 Å². The number of hydrogen-bond acceptors (Lipinski definition) is 3. The molecule has 30 heavy (non-hydrogen) atoms. The van der Waals surface area contributed by atoms with Gasteiger partial charge in [0.2, 0.25) is 5.91 Å². The van der Waals surface area contributed by atoms with Crippen LogP contribution >= 0.6 is 0 Å². The molecule has 6 heteroatoms. The number of para-hydroxylation sites is 1. The van der Waals surface area contributed by atoms with Crippen molar-refractivity contribution in [2.75, 3.05) is 5.32 Å². The second-order valence-electron chi connectivity index (χ2n) is 6.78. The Bertz CT molecular complexity index is 1230. The molecule has 0 fully saturated rings. The number of carbonyl (C=O) groups excluding carboxylic acids is 2. The number of carbonyl (C=O) groups is 2. The topological polar surface area (TPSA) is 86.3 Å². The molecular formula is C24H20N4O2. The Morgan fingerprint density at radius 3 is 2.33 bits per heavy atom. The highest BCUT2D eigenvalue weighted by molar-refractivity contribution is 6.06. The van der Waals surface area contributed by atoms with Gasteiger partial charge in [0.25, 0.3) is 5.91 Å². The maximum absolute atomic E-state index is 12.4. The molecular weight excluding hydrogens is 376 g/mol. The fourth-order valence-corrected chi connectivity index (χ4v) is 3.26. The average Bonchev–Trinajstić information content (AvgIpc) is 3.13. The van der Waals surface area contributed by atoms with Crippen LogP contribution in [0.5, 0.6) is 0 Å². The molecule has 148 valence electrons. The Morgan fingerprint density at radius 2 is 1.60 bits per heavy atom. The van der Waals surface area contributed by atoms with E-state index in [2.05, 4.69) is 20.8 Å². The van der Waals surface area contributed by atoms with Crippen LogP contribution < -0.4 is 10.7 Å². The van der Waals surface area contributed by atoms with Crippen molar-refractivity contribution in [3.8, 4) is 11.3 Å². The van der Waals surface area contributed by atoms with Gasteiger partial charge in [0.1, 0.15) is 0 Å². The molecule has 0 saturated heterocycles. The van der Waals surface area contributed by atoms with Crippen LogP contribution in [0.3, 0.4) is 0 Å². The molecule has 0 aliphatic rings. The largest absolute Gasteiger partial charge is 0.354 e. The van der Waals surface area contributed by atoms with Crippen molar-refractivity contribution < 1.29 is 9.59 Å². The lowest BCUT2D eigenvalue weighted by Crippen LogP contribution is -2.17. The van der Waals surface area contributed by atoms with Crippen molar-refractivity contribution in [3.63, 3.8) is 0 Å². The summed E-state index contributed by atoms with van der Waals surface area (Å²) in [6, 6.07) is 24.6. The van der Waals surface area contributed by atoms with Crippen LogP contribution in [-0.2, 0) is 4.79 Å². The van der Waals surface area contributed by atoms with E-state index in [1.165, 1.54) is 6.92 Å². The SMILES string of the molecule is CC(=O)Nc1ccc(C(=O)N/N=C\c2c(-c3ccccc3)[nH]c3ccccc23)cc1. The van der Waals surface area contributed by atoms with Gasteiger partial charge >= 0.3 is 0 Å². The second-order valence-corrected chi connectivity index (χ2v) is 6.78. The van der Waals surface area contributed by atoms with Gasteiger partial charge in [-0.3, -0.25) is 9.59 Å². The average molecular weight is 396 g/mol. The van der Waals surface area contributed by atoms with Gasteiger partial charge in [-0.15, -0.1) is 0 Å². The summed E-state index contributed by atoms with van der Waals surface area (Å²) in [4.78, 5) is 26.9. The predicted octanol–water partition coefficient (Wildman–Crippen LogP) is 4.56. The number of hydrogen-bond donors (Lipinski definition) is 3. The van der Waals surface area contributed by atoms with Crippen LogP contribution in [0.4, 0.5) is 5.69 Å². The van der Waals surface area contributed by atoms with Crippen molar-refractivity contribution >= 4 is 34.6 Å². The number of rotatable bonds is 5. The highest BCUT2D eigenvalue weighted by Gasteiger charge is 2.11. The minimum atomic E-state index is -0.332. The second kappa shape index (κ2) is 8.45. The number of benzene rings is 3. The molecule has 3 N–H and O–H groups in total. The number of nitrogens with zero attached hydrogens (tertiary/aromatic N) is 1. The molecule has 0 aliphatic heterocycles. The molecule has 0 atom stereocenters. The van der Waals surface area contributed by atoms with Gasteiger partial charge in [-0.05, 0) is 35.9 Å². The number of hydrazone groups is 1. The van der Waals surface area contributed by atoms with E-state index in [-0.39, 0.29) is 11.8 Å². The summed E-state index contributed by atoms with van der Waals surface area (Å²) in [5, 5.41) is 7.87. The van der Waals surface area contributed by atoms with E-state index in [4.69, 9.17) is 0 Å². The Balaban J connectivity index is 1.57. The lowest BCUT2D eigenvalue weighted by Gasteiger charge is -2.04. The third kappa shape index (κ3) is 4.12. The molecule has 4 aromatic rings. The fraction of sp³-hybridized carbons (Fsp3) is 0.0417. The van der Waals surface area contributed by atoms with Crippen LogP contribution in [-0.4, -0.2) is 23.0 Å². The molecule has 1 heterocycles. The standard InChI is InChI=1S/C24H20N4O2/c1-16(29)26-19-13-11-18(12-14-19)24(30)28-25-15-21-20-9-5-6-10-22(20)27-23(21)17-7-3-2-4-8-17/h2-15,27H,1H3,(H,26,29)(H,28,30)/b25-15-. The minimum absolute atomic E-state index is 0.162. The molecule has 3 aromatic carbocycles. The first kappa shape index (κ1) is 19.1. The normalized spacial score (nSPS) is 11.0. The summed E-state index contributed by atoms with van der Waals surface area (Å²) in [7, 11) is 0. The van der Waals surface area contributed by atoms with Crippen LogP contribution in [0.15, 0.2) is 84.0 Å². The Morgan fingerprint density at radius 1 is 0.900 bits per heavy atom. The van der Waals surface area contributed by atoms with Crippen molar-refractivity contribution in [1.29, 1.82) is 0 Å². The molecule has 0 bridgehead atoms. The lowest BCUT2D eigenvalue weighted by atomic mass is 10.1. The zero-order valence-electron chi connectivity index (χ0n) is 16.3. The zero-order valence-corrected chi connectivity index (χ0v) is 16.3. The number of aromatic amines is 1. The van der Waals surface area contributed by atoms with E-state index in [0.717, 1.165) is 27.7 Å². The smallest absolute Gasteiger partial charge is 0.271 e. The summed E-state index contributed by atoms with van der Waals surface area (Å²) >= 11 is 0. The first-order chi connectivity index (χ1) is 14.6. The van der Waals surface area contributed by atoms with Gasteiger partial charge in [0.05, 0.1) is 11.9 Å². The first-order valence-corrected chi connectivity index (χ1v) is 9.49. The van der Waals surface area contributed by atoms with Crippen LogP contribution in [0.2, 0.25) is 0 Å². The van der Waals surface area contributed by atoms with Crippen molar-refractivity contribution in [2.45, 2.75) is 6.92 Å². The zero-order chi connectivity index (χ0) is 20.9. The molecule has 0 unspecified atom stereocenters. The molecule has 1 aromatic heterocycles. The maximum Gasteiger partial charge on any atom is 0.271 e. The Labute approximate surface area is 173 Å². The lowest BCUT2D eigenvalue weighted by molar-refractivity contribution is -0.114. The molecule has 2 amide bonds. The monoisotopic (exact) mass is 396 g/mol. The van der Waals surface area contributed by atoms with E-state index < -0.39 is 0 Å². The van der Waals surface area contributed by atoms with Gasteiger partial charge in [-0.1, -0.05) is 48.5 Å². The number of amides is 2. The number of aromatic nitrogens is 1.